The van der Waals surface area contributed by atoms with Crippen molar-refractivity contribution < 1.29 is 36.2 Å². The lowest BCUT2D eigenvalue weighted by Gasteiger charge is -2.18. The number of halogens is 5. The molecule has 3 aromatic heterocycles. The summed E-state index contributed by atoms with van der Waals surface area (Å²) in [5, 5.41) is 0. The van der Waals surface area contributed by atoms with Gasteiger partial charge in [0.25, 0.3) is 6.43 Å². The molecular formula is C21H19F5N6O3. The molecule has 0 aromatic carbocycles. The third-order valence-electron chi connectivity index (χ3n) is 5.15. The van der Waals surface area contributed by atoms with Crippen molar-refractivity contribution in [3.63, 3.8) is 0 Å². The van der Waals surface area contributed by atoms with Crippen LogP contribution in [-0.2, 0) is 0 Å². The molecule has 0 saturated carbocycles. The van der Waals surface area contributed by atoms with Crippen molar-refractivity contribution in [1.82, 2.24) is 24.9 Å². The number of pyridine rings is 1. The number of nitrogens with zero attached hydrogens (tertiary/aromatic N) is 6. The van der Waals surface area contributed by atoms with Gasteiger partial charge in [-0.25, -0.2) is 41.9 Å². The predicted octanol–water partition coefficient (Wildman–Crippen LogP) is 3.63. The number of alkyl halides is 4. The molecule has 35 heavy (non-hydrogen) atoms. The average Bonchev–Trinajstić information content (AvgIpc) is 3.13. The lowest BCUT2D eigenvalue weighted by molar-refractivity contribution is -0.0610. The second-order valence-electron chi connectivity index (χ2n) is 7.53. The van der Waals surface area contributed by atoms with Crippen molar-refractivity contribution >= 4 is 5.82 Å². The third kappa shape index (κ3) is 5.00. The Balaban J connectivity index is 1.61. The van der Waals surface area contributed by atoms with Crippen LogP contribution in [0.15, 0.2) is 24.5 Å². The van der Waals surface area contributed by atoms with E-state index in [1.54, 1.807) is 6.92 Å². The smallest absolute Gasteiger partial charge is 0.319 e. The van der Waals surface area contributed by atoms with Gasteiger partial charge in [0.05, 0.1) is 50.3 Å². The van der Waals surface area contributed by atoms with Crippen LogP contribution in [0.3, 0.4) is 0 Å². The molecule has 0 spiro atoms. The normalized spacial score (nSPS) is 17.1. The SMILES string of the molecule is COc1ncc(-c2cc(N3C[C@H](Oc4cc(C(F)F)c(F)cn4)C(F)(F)C3)nc(C)n2)c(OC)n1. The van der Waals surface area contributed by atoms with E-state index in [-0.39, 0.29) is 30.1 Å². The van der Waals surface area contributed by atoms with Gasteiger partial charge in [0.15, 0.2) is 11.9 Å². The standard InChI is InChI=1S/C21H19F5N6O3/c1-10-29-14(12-6-28-20(34-3)31-19(12)33-2)5-16(30-10)32-8-15(21(25,26)9-32)35-17-4-11(18(23)24)13(22)7-27-17/h4-7,15,18H,8-9H2,1-3H3/t15-/m0/s1. The van der Waals surface area contributed by atoms with Gasteiger partial charge in [-0.3, -0.25) is 0 Å². The molecule has 1 aliphatic heterocycles. The quantitative estimate of drug-likeness (QED) is 0.453. The molecule has 0 bridgehead atoms. The summed E-state index contributed by atoms with van der Waals surface area (Å²) in [7, 11) is 2.79. The molecule has 1 fully saturated rings. The minimum Gasteiger partial charge on any atom is -0.480 e. The molecule has 0 amide bonds. The average molecular weight is 498 g/mol. The Bertz CT molecular complexity index is 1230. The molecule has 4 heterocycles. The molecule has 4 rings (SSSR count). The lowest BCUT2D eigenvalue weighted by Crippen LogP contribution is -2.36. The van der Waals surface area contributed by atoms with E-state index in [2.05, 4.69) is 24.9 Å². The van der Waals surface area contributed by atoms with Crippen molar-refractivity contribution in [3.8, 4) is 29.0 Å². The Morgan fingerprint density at radius 3 is 2.51 bits per heavy atom. The Labute approximate surface area is 195 Å². The van der Waals surface area contributed by atoms with Crippen LogP contribution in [0.4, 0.5) is 27.8 Å². The van der Waals surface area contributed by atoms with Crippen molar-refractivity contribution in [2.45, 2.75) is 25.4 Å². The summed E-state index contributed by atoms with van der Waals surface area (Å²) >= 11 is 0. The maximum atomic E-state index is 14.8. The highest BCUT2D eigenvalue weighted by atomic mass is 19.3. The summed E-state index contributed by atoms with van der Waals surface area (Å²) in [5.74, 6) is -4.57. The van der Waals surface area contributed by atoms with Crippen molar-refractivity contribution in [2.24, 2.45) is 0 Å². The number of aryl methyl sites for hydroxylation is 1. The van der Waals surface area contributed by atoms with Crippen LogP contribution in [-0.4, -0.2) is 64.3 Å². The van der Waals surface area contributed by atoms with Crippen LogP contribution < -0.4 is 19.1 Å². The Hall–Kier alpha value is -3.84. The molecule has 186 valence electrons. The molecule has 3 aromatic rings. The van der Waals surface area contributed by atoms with Crippen LogP contribution in [0.2, 0.25) is 0 Å². The molecular weight excluding hydrogens is 479 g/mol. The topological polar surface area (TPSA) is 95.4 Å². The summed E-state index contributed by atoms with van der Waals surface area (Å²) in [6.45, 7) is 0.468. The Morgan fingerprint density at radius 2 is 1.83 bits per heavy atom. The number of rotatable bonds is 7. The first-order valence-electron chi connectivity index (χ1n) is 10.2. The van der Waals surface area contributed by atoms with Gasteiger partial charge >= 0.3 is 11.9 Å². The lowest BCUT2D eigenvalue weighted by atomic mass is 10.2. The van der Waals surface area contributed by atoms with Gasteiger partial charge in [-0.1, -0.05) is 0 Å². The number of hydrogen-bond donors (Lipinski definition) is 0. The number of anilines is 1. The molecule has 0 unspecified atom stereocenters. The van der Waals surface area contributed by atoms with Gasteiger partial charge in [-0.2, -0.15) is 4.98 Å². The van der Waals surface area contributed by atoms with E-state index in [1.807, 2.05) is 0 Å². The fourth-order valence-electron chi connectivity index (χ4n) is 3.50. The maximum Gasteiger partial charge on any atom is 0.319 e. The van der Waals surface area contributed by atoms with Gasteiger partial charge in [-0.15, -0.1) is 0 Å². The second kappa shape index (κ2) is 9.43. The van der Waals surface area contributed by atoms with Gasteiger partial charge < -0.3 is 19.1 Å². The zero-order valence-corrected chi connectivity index (χ0v) is 18.7. The van der Waals surface area contributed by atoms with Gasteiger partial charge in [0, 0.05) is 18.3 Å². The monoisotopic (exact) mass is 498 g/mol. The van der Waals surface area contributed by atoms with Crippen LogP contribution in [0.5, 0.6) is 17.8 Å². The van der Waals surface area contributed by atoms with E-state index in [1.165, 1.54) is 31.4 Å². The molecule has 14 heteroatoms. The van der Waals surface area contributed by atoms with Gasteiger partial charge in [-0.05, 0) is 6.92 Å². The summed E-state index contributed by atoms with van der Waals surface area (Å²) in [6, 6.07) is 2.14. The highest BCUT2D eigenvalue weighted by molar-refractivity contribution is 5.67. The molecule has 1 aliphatic rings. The Morgan fingerprint density at radius 1 is 1.06 bits per heavy atom. The maximum absolute atomic E-state index is 14.8. The first-order chi connectivity index (χ1) is 16.6. The van der Waals surface area contributed by atoms with E-state index in [0.29, 0.717) is 23.5 Å². The first kappa shape index (κ1) is 24.3. The highest BCUT2D eigenvalue weighted by Gasteiger charge is 2.51. The minimum absolute atomic E-state index is 0.0696. The minimum atomic E-state index is -3.39. The predicted molar refractivity (Wildman–Crippen MR) is 112 cm³/mol. The molecule has 0 N–H and O–H groups in total. The fourth-order valence-corrected chi connectivity index (χ4v) is 3.50. The highest BCUT2D eigenvalue weighted by Crippen LogP contribution is 2.36. The molecule has 1 saturated heterocycles. The summed E-state index contributed by atoms with van der Waals surface area (Å²) in [6.07, 6.45) is -2.97. The van der Waals surface area contributed by atoms with Crippen molar-refractivity contribution in [3.05, 3.63) is 41.7 Å². The number of aromatic nitrogens is 5. The fraction of sp³-hybridized carbons (Fsp3) is 0.381. The molecule has 1 atom stereocenters. The summed E-state index contributed by atoms with van der Waals surface area (Å²) < 4.78 is 84.4. The van der Waals surface area contributed by atoms with Crippen LogP contribution >= 0.6 is 0 Å². The van der Waals surface area contributed by atoms with E-state index in [0.717, 1.165) is 0 Å². The Kier molecular flexibility index (Phi) is 6.54. The first-order valence-corrected chi connectivity index (χ1v) is 10.2. The number of ether oxygens (including phenoxy) is 3. The van der Waals surface area contributed by atoms with Crippen molar-refractivity contribution in [2.75, 3.05) is 32.2 Å². The van der Waals surface area contributed by atoms with Crippen molar-refractivity contribution in [1.29, 1.82) is 0 Å². The van der Waals surface area contributed by atoms with E-state index in [4.69, 9.17) is 14.2 Å². The third-order valence-corrected chi connectivity index (χ3v) is 5.15. The summed E-state index contributed by atoms with van der Waals surface area (Å²) in [5.41, 5.74) is -0.282. The zero-order chi connectivity index (χ0) is 25.3. The number of hydrogen-bond acceptors (Lipinski definition) is 9. The summed E-state index contributed by atoms with van der Waals surface area (Å²) in [4.78, 5) is 21.5. The van der Waals surface area contributed by atoms with Gasteiger partial charge in [0.1, 0.15) is 11.6 Å². The van der Waals surface area contributed by atoms with E-state index >= 15 is 0 Å². The van der Waals surface area contributed by atoms with Crippen LogP contribution in [0, 0.1) is 12.7 Å². The largest absolute Gasteiger partial charge is 0.480 e. The van der Waals surface area contributed by atoms with Crippen LogP contribution in [0.1, 0.15) is 17.8 Å². The zero-order valence-electron chi connectivity index (χ0n) is 18.7. The number of methoxy groups -OCH3 is 2. The molecule has 9 nitrogen and oxygen atoms in total. The molecule has 0 aliphatic carbocycles. The van der Waals surface area contributed by atoms with Crippen LogP contribution in [0.25, 0.3) is 11.3 Å². The van der Waals surface area contributed by atoms with Gasteiger partial charge in [0.2, 0.25) is 11.8 Å². The molecule has 0 radical (unpaired) electrons. The second-order valence-corrected chi connectivity index (χ2v) is 7.53. The van der Waals surface area contributed by atoms with E-state index < -0.39 is 42.3 Å². The van der Waals surface area contributed by atoms with E-state index in [9.17, 15) is 22.0 Å².